The molecule has 0 saturated heterocycles. The summed E-state index contributed by atoms with van der Waals surface area (Å²) in [5, 5.41) is 4.04. The fourth-order valence-corrected chi connectivity index (χ4v) is 5.53. The molecule has 4 bridgehead atoms. The molecule has 0 aromatic carbocycles. The SMILES string of the molecule is NCC1(NC2C3CC4CC(C3)CC2C4)CCC1. The largest absolute Gasteiger partial charge is 0.329 e. The smallest absolute Gasteiger partial charge is 0.0306 e. The van der Waals surface area contributed by atoms with E-state index < -0.39 is 0 Å². The highest BCUT2D eigenvalue weighted by molar-refractivity contribution is 5.06. The van der Waals surface area contributed by atoms with E-state index in [0.717, 1.165) is 36.3 Å². The van der Waals surface area contributed by atoms with Crippen LogP contribution in [0.4, 0.5) is 0 Å². The molecule has 3 N–H and O–H groups in total. The fraction of sp³-hybridized carbons (Fsp3) is 1.00. The van der Waals surface area contributed by atoms with E-state index in [-0.39, 0.29) is 0 Å². The van der Waals surface area contributed by atoms with Crippen LogP contribution >= 0.6 is 0 Å². The Hall–Kier alpha value is -0.0800. The van der Waals surface area contributed by atoms with Crippen molar-refractivity contribution in [2.45, 2.75) is 62.9 Å². The Kier molecular flexibility index (Phi) is 2.36. The Morgan fingerprint density at radius 3 is 1.94 bits per heavy atom. The third kappa shape index (κ3) is 1.60. The second kappa shape index (κ2) is 3.71. The van der Waals surface area contributed by atoms with Crippen LogP contribution in [0, 0.1) is 23.7 Å². The number of nitrogens with two attached hydrogens (primary N) is 1. The topological polar surface area (TPSA) is 38.0 Å². The summed E-state index contributed by atoms with van der Waals surface area (Å²) in [6.45, 7) is 0.857. The molecular formula is C15H26N2. The van der Waals surface area contributed by atoms with Gasteiger partial charge in [-0.15, -0.1) is 0 Å². The van der Waals surface area contributed by atoms with E-state index in [1.54, 1.807) is 6.42 Å². The molecule has 0 radical (unpaired) electrons. The van der Waals surface area contributed by atoms with Gasteiger partial charge >= 0.3 is 0 Å². The predicted molar refractivity (Wildman–Crippen MR) is 69.6 cm³/mol. The van der Waals surface area contributed by atoms with Gasteiger partial charge in [-0.3, -0.25) is 0 Å². The summed E-state index contributed by atoms with van der Waals surface area (Å²) in [4.78, 5) is 0. The van der Waals surface area contributed by atoms with E-state index in [2.05, 4.69) is 5.32 Å². The molecule has 0 aliphatic heterocycles. The zero-order chi connectivity index (χ0) is 11.5. The van der Waals surface area contributed by atoms with E-state index >= 15 is 0 Å². The van der Waals surface area contributed by atoms with E-state index in [1.807, 2.05) is 0 Å². The van der Waals surface area contributed by atoms with Crippen LogP contribution in [0.1, 0.15) is 51.4 Å². The summed E-state index contributed by atoms with van der Waals surface area (Å²) in [6.07, 6.45) is 11.7. The molecule has 5 fully saturated rings. The number of rotatable bonds is 3. The van der Waals surface area contributed by atoms with Crippen molar-refractivity contribution in [3.05, 3.63) is 0 Å². The van der Waals surface area contributed by atoms with E-state index in [0.29, 0.717) is 5.54 Å². The predicted octanol–water partition coefficient (Wildman–Crippen LogP) is 2.28. The Morgan fingerprint density at radius 1 is 0.941 bits per heavy atom. The van der Waals surface area contributed by atoms with E-state index in [4.69, 9.17) is 5.73 Å². The summed E-state index contributed by atoms with van der Waals surface area (Å²) >= 11 is 0. The highest BCUT2D eigenvalue weighted by Crippen LogP contribution is 2.54. The molecule has 17 heavy (non-hydrogen) atoms. The van der Waals surface area contributed by atoms with Crippen molar-refractivity contribution in [2.75, 3.05) is 6.54 Å². The molecular weight excluding hydrogens is 208 g/mol. The zero-order valence-electron chi connectivity index (χ0n) is 10.8. The first-order valence-corrected chi connectivity index (χ1v) is 7.76. The van der Waals surface area contributed by atoms with Crippen molar-refractivity contribution in [2.24, 2.45) is 29.4 Å². The van der Waals surface area contributed by atoms with Crippen molar-refractivity contribution in [1.29, 1.82) is 0 Å². The normalized spacial score (nSPS) is 50.3. The van der Waals surface area contributed by atoms with Gasteiger partial charge in [-0.25, -0.2) is 0 Å². The highest BCUT2D eigenvalue weighted by atomic mass is 15.1. The van der Waals surface area contributed by atoms with Crippen LogP contribution in [-0.2, 0) is 0 Å². The molecule has 5 saturated carbocycles. The quantitative estimate of drug-likeness (QED) is 0.786. The van der Waals surface area contributed by atoms with Crippen molar-refractivity contribution in [3.63, 3.8) is 0 Å². The Bertz CT molecular complexity index is 275. The second-order valence-corrected chi connectivity index (χ2v) is 7.44. The minimum atomic E-state index is 0.347. The Balaban J connectivity index is 1.51. The van der Waals surface area contributed by atoms with Crippen LogP contribution in [-0.4, -0.2) is 18.1 Å². The number of hydrogen-bond acceptors (Lipinski definition) is 2. The average Bonchev–Trinajstić information content (AvgIpc) is 2.25. The average molecular weight is 234 g/mol. The molecule has 0 aromatic heterocycles. The van der Waals surface area contributed by atoms with Crippen molar-refractivity contribution in [3.8, 4) is 0 Å². The van der Waals surface area contributed by atoms with Crippen molar-refractivity contribution < 1.29 is 0 Å². The van der Waals surface area contributed by atoms with Crippen molar-refractivity contribution >= 4 is 0 Å². The molecule has 0 aromatic rings. The van der Waals surface area contributed by atoms with E-state index in [1.165, 1.54) is 44.9 Å². The molecule has 96 valence electrons. The first kappa shape index (κ1) is 10.8. The molecule has 0 spiro atoms. The van der Waals surface area contributed by atoms with Gasteiger partial charge in [0.15, 0.2) is 0 Å². The van der Waals surface area contributed by atoms with Gasteiger partial charge in [-0.05, 0) is 75.0 Å². The lowest BCUT2D eigenvalue weighted by Crippen LogP contribution is -2.65. The van der Waals surface area contributed by atoms with Gasteiger partial charge in [0, 0.05) is 18.1 Å². The van der Waals surface area contributed by atoms with Crippen LogP contribution in [0.3, 0.4) is 0 Å². The third-order valence-corrected chi connectivity index (χ3v) is 6.40. The standard InChI is InChI=1S/C15H26N2/c16-9-15(2-1-3-15)17-14-12-5-10-4-11(7-12)8-13(14)6-10/h10-14,17H,1-9,16H2. The lowest BCUT2D eigenvalue weighted by Gasteiger charge is -2.58. The molecule has 5 aliphatic rings. The third-order valence-electron chi connectivity index (χ3n) is 6.40. The van der Waals surface area contributed by atoms with Crippen LogP contribution in [0.5, 0.6) is 0 Å². The van der Waals surface area contributed by atoms with Crippen LogP contribution < -0.4 is 11.1 Å². The van der Waals surface area contributed by atoms with Gasteiger partial charge in [0.05, 0.1) is 0 Å². The first-order chi connectivity index (χ1) is 8.28. The molecule has 0 heterocycles. The Labute approximate surface area is 105 Å². The maximum Gasteiger partial charge on any atom is 0.0306 e. The van der Waals surface area contributed by atoms with Crippen molar-refractivity contribution in [1.82, 2.24) is 5.32 Å². The molecule has 2 heteroatoms. The molecule has 5 rings (SSSR count). The maximum atomic E-state index is 6.01. The van der Waals surface area contributed by atoms with Crippen LogP contribution in [0.25, 0.3) is 0 Å². The molecule has 0 amide bonds. The summed E-state index contributed by atoms with van der Waals surface area (Å²) in [5.74, 6) is 4.17. The van der Waals surface area contributed by atoms with Gasteiger partial charge in [-0.2, -0.15) is 0 Å². The van der Waals surface area contributed by atoms with Gasteiger partial charge < -0.3 is 11.1 Å². The fourth-order valence-electron chi connectivity index (χ4n) is 5.53. The van der Waals surface area contributed by atoms with Crippen LogP contribution in [0.2, 0.25) is 0 Å². The van der Waals surface area contributed by atoms with E-state index in [9.17, 15) is 0 Å². The minimum absolute atomic E-state index is 0.347. The monoisotopic (exact) mass is 234 g/mol. The number of nitrogens with one attached hydrogen (secondary N) is 1. The summed E-state index contributed by atoms with van der Waals surface area (Å²) in [5.41, 5.74) is 6.36. The maximum absolute atomic E-state index is 6.01. The van der Waals surface area contributed by atoms with Gasteiger partial charge in [0.1, 0.15) is 0 Å². The number of hydrogen-bond donors (Lipinski definition) is 2. The lowest BCUT2D eigenvalue weighted by atomic mass is 9.53. The summed E-state index contributed by atoms with van der Waals surface area (Å²) in [7, 11) is 0. The Morgan fingerprint density at radius 2 is 1.53 bits per heavy atom. The van der Waals surface area contributed by atoms with Gasteiger partial charge in [-0.1, -0.05) is 0 Å². The second-order valence-electron chi connectivity index (χ2n) is 7.44. The molecule has 0 atom stereocenters. The van der Waals surface area contributed by atoms with Gasteiger partial charge in [0.2, 0.25) is 0 Å². The minimum Gasteiger partial charge on any atom is -0.329 e. The lowest BCUT2D eigenvalue weighted by molar-refractivity contribution is -0.0329. The van der Waals surface area contributed by atoms with Gasteiger partial charge in [0.25, 0.3) is 0 Å². The molecule has 0 unspecified atom stereocenters. The highest BCUT2D eigenvalue weighted by Gasteiger charge is 2.50. The zero-order valence-corrected chi connectivity index (χ0v) is 10.8. The van der Waals surface area contributed by atoms with Crippen LogP contribution in [0.15, 0.2) is 0 Å². The summed E-state index contributed by atoms with van der Waals surface area (Å²) < 4.78 is 0. The molecule has 2 nitrogen and oxygen atoms in total. The first-order valence-electron chi connectivity index (χ1n) is 7.76. The molecule has 5 aliphatic carbocycles. The summed E-state index contributed by atoms with van der Waals surface area (Å²) in [6, 6.07) is 0.826.